The Balaban J connectivity index is 1.36. The normalized spacial score (nSPS) is 23.7. The van der Waals surface area contributed by atoms with Crippen LogP contribution in [0.1, 0.15) is 48.9 Å². The Morgan fingerprint density at radius 2 is 1.88 bits per heavy atom. The van der Waals surface area contributed by atoms with Gasteiger partial charge in [-0.3, -0.25) is 9.59 Å². The second-order valence-electron chi connectivity index (χ2n) is 7.22. The molecule has 2 amide bonds. The van der Waals surface area contributed by atoms with Crippen molar-refractivity contribution in [3.63, 3.8) is 0 Å². The summed E-state index contributed by atoms with van der Waals surface area (Å²) in [4.78, 5) is 31.1. The Morgan fingerprint density at radius 1 is 1.08 bits per heavy atom. The number of anilines is 1. The van der Waals surface area contributed by atoms with E-state index < -0.39 is 0 Å². The molecule has 0 spiro atoms. The van der Waals surface area contributed by atoms with Gasteiger partial charge >= 0.3 is 0 Å². The van der Waals surface area contributed by atoms with Crippen LogP contribution < -0.4 is 10.6 Å². The van der Waals surface area contributed by atoms with Crippen molar-refractivity contribution in [1.82, 2.24) is 15.2 Å². The highest BCUT2D eigenvalue weighted by Crippen LogP contribution is 2.25. The van der Waals surface area contributed by atoms with E-state index in [9.17, 15) is 9.59 Å². The van der Waals surface area contributed by atoms with Gasteiger partial charge in [0.2, 0.25) is 5.91 Å². The molecule has 2 N–H and O–H groups in total. The maximum atomic E-state index is 12.7. The highest BCUT2D eigenvalue weighted by Gasteiger charge is 2.32. The predicted molar refractivity (Wildman–Crippen MR) is 90.7 cm³/mol. The van der Waals surface area contributed by atoms with Crippen LogP contribution in [0, 0.1) is 5.92 Å². The fourth-order valence-corrected chi connectivity index (χ4v) is 3.15. The standard InChI is InChI=1S/C18H24N4O2/c23-17(21-15-6-7-15)13-2-1-9-22(11-13)18(24)12-3-8-16(19-10-12)20-14-4-5-14/h3,8,10,13-15H,1-2,4-7,9,11H2,(H,19,20)(H,21,23)/t13-/m0/s1. The van der Waals surface area contributed by atoms with Crippen LogP contribution in [-0.2, 0) is 4.79 Å². The van der Waals surface area contributed by atoms with E-state index in [0.29, 0.717) is 30.7 Å². The molecule has 1 aromatic heterocycles. The minimum atomic E-state index is -0.0768. The lowest BCUT2D eigenvalue weighted by Crippen LogP contribution is -2.45. The third-order valence-electron chi connectivity index (χ3n) is 4.94. The second kappa shape index (κ2) is 6.42. The molecular weight excluding hydrogens is 304 g/mol. The number of amides is 2. The molecule has 6 heteroatoms. The van der Waals surface area contributed by atoms with Crippen LogP contribution in [0.5, 0.6) is 0 Å². The average Bonchev–Trinajstić information content (AvgIpc) is 3.52. The minimum Gasteiger partial charge on any atom is -0.367 e. The van der Waals surface area contributed by atoms with Gasteiger partial charge in [0, 0.05) is 31.4 Å². The van der Waals surface area contributed by atoms with Gasteiger partial charge in [-0.15, -0.1) is 0 Å². The highest BCUT2D eigenvalue weighted by atomic mass is 16.2. The maximum Gasteiger partial charge on any atom is 0.255 e. The van der Waals surface area contributed by atoms with Crippen molar-refractivity contribution in [3.8, 4) is 0 Å². The van der Waals surface area contributed by atoms with Crippen LogP contribution in [-0.4, -0.2) is 46.9 Å². The topological polar surface area (TPSA) is 74.3 Å². The average molecular weight is 328 g/mol. The van der Waals surface area contributed by atoms with Crippen LogP contribution in [0.15, 0.2) is 18.3 Å². The molecule has 0 radical (unpaired) electrons. The van der Waals surface area contributed by atoms with Gasteiger partial charge in [0.05, 0.1) is 11.5 Å². The summed E-state index contributed by atoms with van der Waals surface area (Å²) in [5.41, 5.74) is 0.597. The third kappa shape index (κ3) is 3.68. The van der Waals surface area contributed by atoms with E-state index in [1.54, 1.807) is 11.1 Å². The summed E-state index contributed by atoms with van der Waals surface area (Å²) in [6, 6.07) is 4.62. The number of aromatic nitrogens is 1. The van der Waals surface area contributed by atoms with E-state index in [1.165, 1.54) is 12.8 Å². The first-order chi connectivity index (χ1) is 11.7. The van der Waals surface area contributed by atoms with Gasteiger partial charge in [0.15, 0.2) is 0 Å². The highest BCUT2D eigenvalue weighted by molar-refractivity contribution is 5.94. The van der Waals surface area contributed by atoms with Crippen LogP contribution in [0.25, 0.3) is 0 Å². The van der Waals surface area contributed by atoms with Crippen molar-refractivity contribution in [2.45, 2.75) is 50.6 Å². The first kappa shape index (κ1) is 15.4. The molecule has 2 heterocycles. The van der Waals surface area contributed by atoms with E-state index in [4.69, 9.17) is 0 Å². The number of piperidine rings is 1. The van der Waals surface area contributed by atoms with E-state index in [0.717, 1.165) is 31.5 Å². The van der Waals surface area contributed by atoms with Gasteiger partial charge in [-0.25, -0.2) is 4.98 Å². The van der Waals surface area contributed by atoms with Gasteiger partial charge in [-0.2, -0.15) is 0 Å². The second-order valence-corrected chi connectivity index (χ2v) is 7.22. The monoisotopic (exact) mass is 328 g/mol. The summed E-state index contributed by atoms with van der Waals surface area (Å²) in [6.07, 6.45) is 7.96. The number of hydrogen-bond acceptors (Lipinski definition) is 4. The number of carbonyl (C=O) groups is 2. The lowest BCUT2D eigenvalue weighted by molar-refractivity contribution is -0.126. The SMILES string of the molecule is O=C(NC1CC1)[C@H]1CCCN(C(=O)c2ccc(NC3CC3)nc2)C1. The van der Waals surface area contributed by atoms with Gasteiger partial charge in [0.25, 0.3) is 5.91 Å². The summed E-state index contributed by atoms with van der Waals surface area (Å²) in [6.45, 7) is 1.23. The molecule has 3 fully saturated rings. The number of likely N-dealkylation sites (tertiary alicyclic amines) is 1. The van der Waals surface area contributed by atoms with Crippen molar-refractivity contribution in [2.75, 3.05) is 18.4 Å². The molecule has 128 valence electrons. The van der Waals surface area contributed by atoms with Gasteiger partial charge < -0.3 is 15.5 Å². The number of hydrogen-bond donors (Lipinski definition) is 2. The number of nitrogens with zero attached hydrogens (tertiary/aromatic N) is 2. The largest absolute Gasteiger partial charge is 0.367 e. The van der Waals surface area contributed by atoms with Crippen LogP contribution in [0.3, 0.4) is 0 Å². The first-order valence-corrected chi connectivity index (χ1v) is 9.01. The molecule has 1 aromatic rings. The molecule has 1 atom stereocenters. The van der Waals surface area contributed by atoms with E-state index in [2.05, 4.69) is 15.6 Å². The van der Waals surface area contributed by atoms with Gasteiger partial charge in [-0.1, -0.05) is 0 Å². The molecule has 2 aliphatic carbocycles. The molecule has 3 aliphatic rings. The third-order valence-corrected chi connectivity index (χ3v) is 4.94. The predicted octanol–water partition coefficient (Wildman–Crippen LogP) is 1.79. The maximum absolute atomic E-state index is 12.7. The van der Waals surface area contributed by atoms with Crippen molar-refractivity contribution in [3.05, 3.63) is 23.9 Å². The molecule has 2 saturated carbocycles. The Morgan fingerprint density at radius 3 is 2.54 bits per heavy atom. The molecule has 0 unspecified atom stereocenters. The number of pyridine rings is 1. The molecule has 1 saturated heterocycles. The summed E-state index contributed by atoms with van der Waals surface area (Å²) in [7, 11) is 0. The van der Waals surface area contributed by atoms with E-state index in [-0.39, 0.29) is 17.7 Å². The summed E-state index contributed by atoms with van der Waals surface area (Å²) >= 11 is 0. The van der Waals surface area contributed by atoms with Crippen molar-refractivity contribution >= 4 is 17.6 Å². The summed E-state index contributed by atoms with van der Waals surface area (Å²) in [5, 5.41) is 6.38. The Labute approximate surface area is 142 Å². The Hall–Kier alpha value is -2.11. The van der Waals surface area contributed by atoms with E-state index in [1.807, 2.05) is 12.1 Å². The quantitative estimate of drug-likeness (QED) is 0.864. The van der Waals surface area contributed by atoms with Gasteiger partial charge in [-0.05, 0) is 50.7 Å². The molecular formula is C18H24N4O2. The lowest BCUT2D eigenvalue weighted by Gasteiger charge is -2.32. The molecule has 1 aliphatic heterocycles. The van der Waals surface area contributed by atoms with Crippen LogP contribution >= 0.6 is 0 Å². The number of nitrogens with one attached hydrogen (secondary N) is 2. The minimum absolute atomic E-state index is 0.0237. The zero-order valence-electron chi connectivity index (χ0n) is 13.8. The Bertz CT molecular complexity index is 622. The van der Waals surface area contributed by atoms with E-state index >= 15 is 0 Å². The van der Waals surface area contributed by atoms with Crippen LogP contribution in [0.2, 0.25) is 0 Å². The zero-order valence-corrected chi connectivity index (χ0v) is 13.8. The number of rotatable bonds is 5. The lowest BCUT2D eigenvalue weighted by atomic mass is 9.96. The van der Waals surface area contributed by atoms with Crippen molar-refractivity contribution in [2.24, 2.45) is 5.92 Å². The summed E-state index contributed by atoms with van der Waals surface area (Å²) in [5.74, 6) is 0.836. The fraction of sp³-hybridized carbons (Fsp3) is 0.611. The molecule has 24 heavy (non-hydrogen) atoms. The smallest absolute Gasteiger partial charge is 0.255 e. The van der Waals surface area contributed by atoms with Crippen LogP contribution in [0.4, 0.5) is 5.82 Å². The van der Waals surface area contributed by atoms with Gasteiger partial charge in [0.1, 0.15) is 5.82 Å². The van der Waals surface area contributed by atoms with Crippen molar-refractivity contribution < 1.29 is 9.59 Å². The molecule has 4 rings (SSSR count). The number of carbonyl (C=O) groups excluding carboxylic acids is 2. The summed E-state index contributed by atoms with van der Waals surface area (Å²) < 4.78 is 0. The zero-order chi connectivity index (χ0) is 16.5. The molecule has 0 bridgehead atoms. The Kier molecular flexibility index (Phi) is 4.12. The molecule has 0 aromatic carbocycles. The first-order valence-electron chi connectivity index (χ1n) is 9.01. The van der Waals surface area contributed by atoms with Crippen molar-refractivity contribution in [1.29, 1.82) is 0 Å². The molecule has 6 nitrogen and oxygen atoms in total. The fourth-order valence-electron chi connectivity index (χ4n) is 3.15.